The molecular formula is C17H22N4O5. The molecule has 0 aliphatic carbocycles. The maximum Gasteiger partial charge on any atom is 0.356 e. The number of aromatic amines is 1. The summed E-state index contributed by atoms with van der Waals surface area (Å²) in [6, 6.07) is 1.32. The number of nitrogens with one attached hydrogen (secondary N) is 1. The largest absolute Gasteiger partial charge is 0.476 e. The Hall–Kier alpha value is -2.84. The highest BCUT2D eigenvalue weighted by atomic mass is 16.5. The highest BCUT2D eigenvalue weighted by Crippen LogP contribution is 2.24. The third kappa shape index (κ3) is 3.71. The third-order valence-corrected chi connectivity index (χ3v) is 4.39. The van der Waals surface area contributed by atoms with Crippen LogP contribution in [0.2, 0.25) is 0 Å². The maximum atomic E-state index is 12.5. The Balaban J connectivity index is 1.73. The van der Waals surface area contributed by atoms with Crippen LogP contribution in [0, 0.1) is 5.92 Å². The standard InChI is InChI=1S/C17H22N4O5/c1-10(2)8-21-13-5-6-20(9-12(13)16(18-21)17(24)25)15(23)4-3-11-7-14(22)19-26-11/h7,10H,3-6,8-9H2,1-2H3,(H,19,22)(H,24,25). The van der Waals surface area contributed by atoms with E-state index in [2.05, 4.69) is 10.3 Å². The molecule has 0 radical (unpaired) electrons. The summed E-state index contributed by atoms with van der Waals surface area (Å²) in [5, 5.41) is 15.9. The summed E-state index contributed by atoms with van der Waals surface area (Å²) < 4.78 is 6.71. The van der Waals surface area contributed by atoms with Gasteiger partial charge in [0, 0.05) is 56.2 Å². The van der Waals surface area contributed by atoms with Gasteiger partial charge >= 0.3 is 5.97 Å². The molecule has 0 atom stereocenters. The minimum Gasteiger partial charge on any atom is -0.476 e. The Morgan fingerprint density at radius 3 is 2.81 bits per heavy atom. The molecule has 9 heteroatoms. The molecule has 2 N–H and O–H groups in total. The van der Waals surface area contributed by atoms with Crippen molar-refractivity contribution in [1.82, 2.24) is 19.8 Å². The van der Waals surface area contributed by atoms with E-state index in [1.165, 1.54) is 6.07 Å². The number of aromatic carboxylic acids is 1. The number of nitrogens with zero attached hydrogens (tertiary/aromatic N) is 3. The molecule has 9 nitrogen and oxygen atoms in total. The fourth-order valence-electron chi connectivity index (χ4n) is 3.20. The lowest BCUT2D eigenvalue weighted by atomic mass is 10.0. The number of aryl methyl sites for hydroxylation is 1. The SMILES string of the molecule is CC(C)Cn1nc(C(=O)O)c2c1CCN(C(=O)CCc1cc(=O)[nH]o1)C2. The number of carboxylic acid groups (broad SMARTS) is 1. The molecule has 1 amide bonds. The van der Waals surface area contributed by atoms with Crippen molar-refractivity contribution in [1.29, 1.82) is 0 Å². The van der Waals surface area contributed by atoms with Crippen LogP contribution in [0.15, 0.2) is 15.4 Å². The monoisotopic (exact) mass is 362 g/mol. The summed E-state index contributed by atoms with van der Waals surface area (Å²) in [4.78, 5) is 36.7. The molecule has 2 aromatic heterocycles. The number of carbonyl (C=O) groups excluding carboxylic acids is 1. The summed E-state index contributed by atoms with van der Waals surface area (Å²) in [5.41, 5.74) is 1.20. The van der Waals surface area contributed by atoms with Gasteiger partial charge in [-0.2, -0.15) is 10.3 Å². The first-order chi connectivity index (χ1) is 12.3. The summed E-state index contributed by atoms with van der Waals surface area (Å²) in [5.74, 6) is -0.409. The van der Waals surface area contributed by atoms with Crippen LogP contribution < -0.4 is 5.56 Å². The van der Waals surface area contributed by atoms with Gasteiger partial charge in [-0.25, -0.2) is 4.79 Å². The van der Waals surface area contributed by atoms with Crippen LogP contribution in [-0.2, 0) is 30.7 Å². The molecule has 0 unspecified atom stereocenters. The molecule has 1 aliphatic rings. The van der Waals surface area contributed by atoms with Crippen molar-refractivity contribution < 1.29 is 19.2 Å². The number of rotatable bonds is 6. The number of fused-ring (bicyclic) bond motifs is 1. The summed E-state index contributed by atoms with van der Waals surface area (Å²) in [6.07, 6.45) is 1.09. The van der Waals surface area contributed by atoms with E-state index >= 15 is 0 Å². The van der Waals surface area contributed by atoms with Crippen molar-refractivity contribution in [3.8, 4) is 0 Å². The van der Waals surface area contributed by atoms with Gasteiger partial charge in [-0.15, -0.1) is 0 Å². The van der Waals surface area contributed by atoms with Crippen molar-refractivity contribution in [3.63, 3.8) is 0 Å². The highest BCUT2D eigenvalue weighted by Gasteiger charge is 2.30. The Kier molecular flexibility index (Phi) is 4.97. The lowest BCUT2D eigenvalue weighted by Crippen LogP contribution is -2.37. The quantitative estimate of drug-likeness (QED) is 0.792. The molecule has 0 saturated carbocycles. The Morgan fingerprint density at radius 2 is 2.19 bits per heavy atom. The van der Waals surface area contributed by atoms with Gasteiger partial charge in [-0.3, -0.25) is 14.3 Å². The molecule has 3 heterocycles. The van der Waals surface area contributed by atoms with Gasteiger partial charge in [0.2, 0.25) is 5.91 Å². The van der Waals surface area contributed by atoms with Gasteiger partial charge in [-0.05, 0) is 5.92 Å². The molecule has 140 valence electrons. The van der Waals surface area contributed by atoms with E-state index in [1.54, 1.807) is 9.58 Å². The van der Waals surface area contributed by atoms with Crippen LogP contribution in [0.25, 0.3) is 0 Å². The number of hydrogen-bond donors (Lipinski definition) is 2. The minimum atomic E-state index is -1.08. The van der Waals surface area contributed by atoms with Gasteiger partial charge in [0.25, 0.3) is 5.56 Å². The van der Waals surface area contributed by atoms with Crippen LogP contribution in [0.5, 0.6) is 0 Å². The Bertz CT molecular complexity index is 876. The van der Waals surface area contributed by atoms with Crippen LogP contribution in [-0.4, -0.2) is 43.4 Å². The van der Waals surface area contributed by atoms with Gasteiger partial charge < -0.3 is 14.5 Å². The zero-order chi connectivity index (χ0) is 18.8. The van der Waals surface area contributed by atoms with E-state index in [9.17, 15) is 19.5 Å². The Morgan fingerprint density at radius 1 is 1.42 bits per heavy atom. The third-order valence-electron chi connectivity index (χ3n) is 4.39. The average Bonchev–Trinajstić information content (AvgIpc) is 3.15. The first-order valence-corrected chi connectivity index (χ1v) is 8.62. The number of H-pyrrole nitrogens is 1. The maximum absolute atomic E-state index is 12.5. The molecule has 0 fully saturated rings. The first-order valence-electron chi connectivity index (χ1n) is 8.62. The van der Waals surface area contributed by atoms with Crippen molar-refractivity contribution >= 4 is 11.9 Å². The number of carbonyl (C=O) groups is 2. The van der Waals surface area contributed by atoms with E-state index in [-0.39, 0.29) is 30.1 Å². The van der Waals surface area contributed by atoms with Crippen molar-refractivity contribution in [2.24, 2.45) is 5.92 Å². The lowest BCUT2D eigenvalue weighted by Gasteiger charge is -2.28. The fourth-order valence-corrected chi connectivity index (χ4v) is 3.20. The Labute approximate surface area is 149 Å². The lowest BCUT2D eigenvalue weighted by molar-refractivity contribution is -0.132. The molecule has 0 saturated heterocycles. The molecule has 1 aliphatic heterocycles. The molecule has 2 aromatic rings. The molecule has 26 heavy (non-hydrogen) atoms. The first kappa shape index (κ1) is 18.0. The average molecular weight is 362 g/mol. The van der Waals surface area contributed by atoms with Gasteiger partial charge in [0.1, 0.15) is 5.76 Å². The van der Waals surface area contributed by atoms with E-state index < -0.39 is 5.97 Å². The second-order valence-corrected chi connectivity index (χ2v) is 6.90. The van der Waals surface area contributed by atoms with Crippen LogP contribution >= 0.6 is 0 Å². The fraction of sp³-hybridized carbons (Fsp3) is 0.529. The van der Waals surface area contributed by atoms with E-state index in [0.717, 1.165) is 5.69 Å². The van der Waals surface area contributed by atoms with Crippen LogP contribution in [0.1, 0.15) is 47.8 Å². The molecule has 3 rings (SSSR count). The molecule has 0 bridgehead atoms. The number of amides is 1. The second kappa shape index (κ2) is 7.19. The molecule has 0 aromatic carbocycles. The van der Waals surface area contributed by atoms with Crippen molar-refractivity contribution in [3.05, 3.63) is 39.1 Å². The summed E-state index contributed by atoms with van der Waals surface area (Å²) in [7, 11) is 0. The van der Waals surface area contributed by atoms with Crippen LogP contribution in [0.4, 0.5) is 0 Å². The van der Waals surface area contributed by atoms with Gasteiger partial charge in [-0.1, -0.05) is 13.8 Å². The number of carboxylic acids is 1. The zero-order valence-electron chi connectivity index (χ0n) is 14.8. The topological polar surface area (TPSA) is 121 Å². The molecule has 0 spiro atoms. The van der Waals surface area contributed by atoms with Gasteiger partial charge in [0.05, 0.1) is 0 Å². The van der Waals surface area contributed by atoms with Crippen molar-refractivity contribution in [2.75, 3.05) is 6.54 Å². The summed E-state index contributed by atoms with van der Waals surface area (Å²) in [6.45, 7) is 5.51. The van der Waals surface area contributed by atoms with Gasteiger partial charge in [0.15, 0.2) is 5.69 Å². The predicted molar refractivity (Wildman–Crippen MR) is 90.8 cm³/mol. The zero-order valence-corrected chi connectivity index (χ0v) is 14.8. The second-order valence-electron chi connectivity index (χ2n) is 6.90. The predicted octanol–water partition coefficient (Wildman–Crippen LogP) is 1.04. The van der Waals surface area contributed by atoms with Crippen LogP contribution in [0.3, 0.4) is 0 Å². The van der Waals surface area contributed by atoms with E-state index in [1.807, 2.05) is 13.8 Å². The van der Waals surface area contributed by atoms with Crippen molar-refractivity contribution in [2.45, 2.75) is 46.2 Å². The highest BCUT2D eigenvalue weighted by molar-refractivity contribution is 5.88. The smallest absolute Gasteiger partial charge is 0.356 e. The number of aromatic nitrogens is 3. The normalized spacial score (nSPS) is 13.9. The van der Waals surface area contributed by atoms with E-state index in [4.69, 9.17) is 4.52 Å². The molecular weight excluding hydrogens is 340 g/mol. The number of hydrogen-bond acceptors (Lipinski definition) is 5. The van der Waals surface area contributed by atoms with E-state index in [0.29, 0.717) is 43.2 Å². The summed E-state index contributed by atoms with van der Waals surface area (Å²) >= 11 is 0. The minimum absolute atomic E-state index is 0.0229.